The second-order valence-corrected chi connectivity index (χ2v) is 3.45. The average Bonchev–Trinajstić information content (AvgIpc) is 2.26. The van der Waals surface area contributed by atoms with E-state index in [1.165, 1.54) is 0 Å². The predicted octanol–water partition coefficient (Wildman–Crippen LogP) is 2.95. The zero-order chi connectivity index (χ0) is 10.4. The Kier molecular flexibility index (Phi) is 4.17. The van der Waals surface area contributed by atoms with Crippen LogP contribution in [-0.2, 0) is 9.53 Å². The third-order valence-electron chi connectivity index (χ3n) is 2.49. The lowest BCUT2D eigenvalue weighted by Gasteiger charge is -2.21. The van der Waals surface area contributed by atoms with Crippen LogP contribution in [0.5, 0.6) is 0 Å². The van der Waals surface area contributed by atoms with Crippen LogP contribution in [0.3, 0.4) is 0 Å². The number of ether oxygens (including phenoxy) is 1. The maximum atomic E-state index is 10.4. The fraction of sp³-hybridized carbons (Fsp3) is 0.417. The first kappa shape index (κ1) is 10.8. The molecule has 2 heteroatoms. The van der Waals surface area contributed by atoms with Crippen molar-refractivity contribution < 1.29 is 9.53 Å². The molecule has 2 unspecified atom stereocenters. The summed E-state index contributed by atoms with van der Waals surface area (Å²) in [5.74, 6) is 0.350. The highest BCUT2D eigenvalue weighted by Crippen LogP contribution is 2.27. The van der Waals surface area contributed by atoms with Gasteiger partial charge in [0.1, 0.15) is 6.10 Å². The second kappa shape index (κ2) is 5.43. The van der Waals surface area contributed by atoms with E-state index in [9.17, 15) is 4.79 Å². The van der Waals surface area contributed by atoms with Gasteiger partial charge < -0.3 is 4.74 Å². The minimum Gasteiger partial charge on any atom is -0.459 e. The Balaban J connectivity index is 2.82. The molecule has 0 aliphatic carbocycles. The summed E-state index contributed by atoms with van der Waals surface area (Å²) in [5.41, 5.74) is 1.06. The Morgan fingerprint density at radius 1 is 1.36 bits per heavy atom. The molecule has 2 atom stereocenters. The van der Waals surface area contributed by atoms with Crippen molar-refractivity contribution in [2.24, 2.45) is 5.92 Å². The molecular formula is C12H16O2. The largest absolute Gasteiger partial charge is 0.459 e. The lowest BCUT2D eigenvalue weighted by atomic mass is 9.95. The smallest absolute Gasteiger partial charge is 0.293 e. The molecule has 1 aromatic rings. The van der Waals surface area contributed by atoms with Gasteiger partial charge in [-0.2, -0.15) is 0 Å². The number of carbonyl (C=O) groups excluding carboxylic acids is 1. The first-order valence-corrected chi connectivity index (χ1v) is 4.93. The van der Waals surface area contributed by atoms with Gasteiger partial charge in [-0.05, 0) is 17.9 Å². The molecular weight excluding hydrogens is 176 g/mol. The minimum atomic E-state index is -0.112. The van der Waals surface area contributed by atoms with Crippen LogP contribution in [-0.4, -0.2) is 6.47 Å². The third kappa shape index (κ3) is 2.59. The Bertz CT molecular complexity index is 269. The quantitative estimate of drug-likeness (QED) is 0.670. The van der Waals surface area contributed by atoms with Crippen LogP contribution in [0.4, 0.5) is 0 Å². The Labute approximate surface area is 84.9 Å². The molecule has 1 rings (SSSR count). The highest BCUT2D eigenvalue weighted by Gasteiger charge is 2.18. The molecule has 0 aromatic heterocycles. The van der Waals surface area contributed by atoms with Gasteiger partial charge in [0.25, 0.3) is 6.47 Å². The fourth-order valence-electron chi connectivity index (χ4n) is 1.46. The SMILES string of the molecule is CCC(C)C(OC=O)c1ccccc1. The monoisotopic (exact) mass is 192 g/mol. The van der Waals surface area contributed by atoms with Gasteiger partial charge in [0.05, 0.1) is 0 Å². The summed E-state index contributed by atoms with van der Waals surface area (Å²) < 4.78 is 5.10. The van der Waals surface area contributed by atoms with Crippen LogP contribution in [0.25, 0.3) is 0 Å². The molecule has 0 spiro atoms. The Morgan fingerprint density at radius 2 is 2.00 bits per heavy atom. The number of hydrogen-bond donors (Lipinski definition) is 0. The summed E-state index contributed by atoms with van der Waals surface area (Å²) >= 11 is 0. The first-order valence-electron chi connectivity index (χ1n) is 4.93. The zero-order valence-electron chi connectivity index (χ0n) is 8.64. The van der Waals surface area contributed by atoms with Crippen LogP contribution in [0.2, 0.25) is 0 Å². The van der Waals surface area contributed by atoms with Crippen LogP contribution in [0.1, 0.15) is 31.9 Å². The van der Waals surface area contributed by atoms with Crippen molar-refractivity contribution in [3.05, 3.63) is 35.9 Å². The van der Waals surface area contributed by atoms with Gasteiger partial charge in [-0.3, -0.25) is 4.79 Å². The molecule has 0 aliphatic heterocycles. The topological polar surface area (TPSA) is 26.3 Å². The summed E-state index contributed by atoms with van der Waals surface area (Å²) in [6, 6.07) is 9.84. The number of benzene rings is 1. The Morgan fingerprint density at radius 3 is 2.50 bits per heavy atom. The van der Waals surface area contributed by atoms with Crippen LogP contribution >= 0.6 is 0 Å². The van der Waals surface area contributed by atoms with E-state index in [1.54, 1.807) is 0 Å². The summed E-state index contributed by atoms with van der Waals surface area (Å²) in [7, 11) is 0. The molecule has 76 valence electrons. The zero-order valence-corrected chi connectivity index (χ0v) is 8.64. The van der Waals surface area contributed by atoms with Gasteiger partial charge in [0.2, 0.25) is 0 Å². The lowest BCUT2D eigenvalue weighted by molar-refractivity contribution is -0.136. The summed E-state index contributed by atoms with van der Waals surface area (Å²) in [6.07, 6.45) is 0.881. The van der Waals surface area contributed by atoms with E-state index in [1.807, 2.05) is 30.3 Å². The van der Waals surface area contributed by atoms with E-state index in [0.717, 1.165) is 12.0 Å². The van der Waals surface area contributed by atoms with E-state index >= 15 is 0 Å². The summed E-state index contributed by atoms with van der Waals surface area (Å²) in [6.45, 7) is 4.71. The third-order valence-corrected chi connectivity index (χ3v) is 2.49. The number of rotatable bonds is 5. The Hall–Kier alpha value is -1.31. The molecule has 0 saturated carbocycles. The lowest BCUT2D eigenvalue weighted by Crippen LogP contribution is -2.12. The van der Waals surface area contributed by atoms with Gasteiger partial charge in [0, 0.05) is 0 Å². The van der Waals surface area contributed by atoms with E-state index < -0.39 is 0 Å². The maximum Gasteiger partial charge on any atom is 0.293 e. The molecule has 14 heavy (non-hydrogen) atoms. The van der Waals surface area contributed by atoms with Crippen molar-refractivity contribution >= 4 is 6.47 Å². The molecule has 0 bridgehead atoms. The standard InChI is InChI=1S/C12H16O2/c1-3-10(2)12(14-9-13)11-7-5-4-6-8-11/h4-10,12H,3H2,1-2H3. The molecule has 2 nitrogen and oxygen atoms in total. The van der Waals surface area contributed by atoms with Crippen LogP contribution in [0.15, 0.2) is 30.3 Å². The van der Waals surface area contributed by atoms with Gasteiger partial charge in [-0.15, -0.1) is 0 Å². The fourth-order valence-corrected chi connectivity index (χ4v) is 1.46. The highest BCUT2D eigenvalue weighted by atomic mass is 16.5. The predicted molar refractivity (Wildman–Crippen MR) is 55.8 cm³/mol. The molecule has 0 radical (unpaired) electrons. The van der Waals surface area contributed by atoms with E-state index in [0.29, 0.717) is 12.4 Å². The maximum absolute atomic E-state index is 10.4. The van der Waals surface area contributed by atoms with Crippen molar-refractivity contribution in [1.82, 2.24) is 0 Å². The average molecular weight is 192 g/mol. The normalized spacial score (nSPS) is 14.4. The second-order valence-electron chi connectivity index (χ2n) is 3.45. The molecule has 0 amide bonds. The number of hydrogen-bond acceptors (Lipinski definition) is 2. The summed E-state index contributed by atoms with van der Waals surface area (Å²) in [5, 5.41) is 0. The highest BCUT2D eigenvalue weighted by molar-refractivity contribution is 5.38. The first-order chi connectivity index (χ1) is 6.79. The molecule has 0 heterocycles. The molecule has 0 fully saturated rings. The molecule has 1 aromatic carbocycles. The van der Waals surface area contributed by atoms with E-state index in [-0.39, 0.29) is 6.10 Å². The van der Waals surface area contributed by atoms with Crippen molar-refractivity contribution in [2.75, 3.05) is 0 Å². The molecule has 0 N–H and O–H groups in total. The van der Waals surface area contributed by atoms with E-state index in [2.05, 4.69) is 13.8 Å². The number of carbonyl (C=O) groups is 1. The molecule has 0 saturated heterocycles. The van der Waals surface area contributed by atoms with Gasteiger partial charge in [0.15, 0.2) is 0 Å². The van der Waals surface area contributed by atoms with Crippen molar-refractivity contribution in [3.63, 3.8) is 0 Å². The van der Waals surface area contributed by atoms with Gasteiger partial charge in [-0.25, -0.2) is 0 Å². The summed E-state index contributed by atoms with van der Waals surface area (Å²) in [4.78, 5) is 10.4. The van der Waals surface area contributed by atoms with Gasteiger partial charge in [-0.1, -0.05) is 44.2 Å². The van der Waals surface area contributed by atoms with Crippen molar-refractivity contribution in [1.29, 1.82) is 0 Å². The van der Waals surface area contributed by atoms with Crippen LogP contribution < -0.4 is 0 Å². The van der Waals surface area contributed by atoms with Crippen molar-refractivity contribution in [2.45, 2.75) is 26.4 Å². The molecule has 0 aliphatic rings. The van der Waals surface area contributed by atoms with Crippen LogP contribution in [0, 0.1) is 5.92 Å². The van der Waals surface area contributed by atoms with Gasteiger partial charge >= 0.3 is 0 Å². The minimum absolute atomic E-state index is 0.112. The van der Waals surface area contributed by atoms with Crippen molar-refractivity contribution in [3.8, 4) is 0 Å². The van der Waals surface area contributed by atoms with E-state index in [4.69, 9.17) is 4.74 Å².